The number of nitrogens with one attached hydrogen (secondary N) is 1. The molecule has 14 heavy (non-hydrogen) atoms. The van der Waals surface area contributed by atoms with Gasteiger partial charge in [0.15, 0.2) is 0 Å². The fourth-order valence-electron chi connectivity index (χ4n) is 1.52. The lowest BCUT2D eigenvalue weighted by Gasteiger charge is -2.30. The quantitative estimate of drug-likeness (QED) is 0.739. The van der Waals surface area contributed by atoms with Crippen molar-refractivity contribution in [3.63, 3.8) is 0 Å². The van der Waals surface area contributed by atoms with Crippen LogP contribution in [0.2, 0.25) is 0 Å². The summed E-state index contributed by atoms with van der Waals surface area (Å²) in [7, 11) is 0. The second-order valence-electron chi connectivity index (χ2n) is 3.80. The van der Waals surface area contributed by atoms with E-state index in [1.807, 2.05) is 0 Å². The first-order chi connectivity index (χ1) is 6.51. The van der Waals surface area contributed by atoms with Crippen molar-refractivity contribution in [3.8, 4) is 0 Å². The molecular weight excluding hydrogens is 193 g/mol. The number of alkyl halides is 3. The van der Waals surface area contributed by atoms with Gasteiger partial charge in [-0.3, -0.25) is 4.90 Å². The molecule has 5 heteroatoms. The van der Waals surface area contributed by atoms with Crippen LogP contribution < -0.4 is 5.32 Å². The van der Waals surface area contributed by atoms with Crippen molar-refractivity contribution >= 4 is 0 Å². The van der Waals surface area contributed by atoms with E-state index in [2.05, 4.69) is 5.32 Å². The predicted octanol–water partition coefficient (Wildman–Crippen LogP) is 1.48. The van der Waals surface area contributed by atoms with E-state index in [0.717, 1.165) is 19.5 Å². The molecule has 1 fully saturated rings. The zero-order chi connectivity index (χ0) is 10.6. The Morgan fingerprint density at radius 3 is 2.36 bits per heavy atom. The van der Waals surface area contributed by atoms with Crippen molar-refractivity contribution in [1.82, 2.24) is 10.2 Å². The number of hydrogen-bond donors (Lipinski definition) is 1. The van der Waals surface area contributed by atoms with Crippen LogP contribution in [0.1, 0.15) is 13.3 Å². The Labute approximate surface area is 82.5 Å². The molecule has 1 N–H and O–H groups in total. The second kappa shape index (κ2) is 4.98. The highest BCUT2D eigenvalue weighted by atomic mass is 19.4. The normalized spacial score (nSPS) is 18.6. The molecular formula is C9H17F3N2. The van der Waals surface area contributed by atoms with Gasteiger partial charge in [-0.05, 0) is 38.5 Å². The molecule has 0 unspecified atom stereocenters. The van der Waals surface area contributed by atoms with Crippen LogP contribution in [0, 0.1) is 5.92 Å². The molecule has 0 amide bonds. The Balaban J connectivity index is 2.16. The smallest absolute Gasteiger partial charge is 0.316 e. The highest BCUT2D eigenvalue weighted by molar-refractivity contribution is 4.76. The van der Waals surface area contributed by atoms with Crippen molar-refractivity contribution in [2.45, 2.75) is 19.5 Å². The van der Waals surface area contributed by atoms with E-state index < -0.39 is 12.7 Å². The first-order valence-corrected chi connectivity index (χ1v) is 5.01. The zero-order valence-electron chi connectivity index (χ0n) is 8.40. The minimum absolute atomic E-state index is 0.472. The van der Waals surface area contributed by atoms with Gasteiger partial charge in [0.1, 0.15) is 0 Å². The number of hydrogen-bond acceptors (Lipinski definition) is 2. The van der Waals surface area contributed by atoms with E-state index >= 15 is 0 Å². The van der Waals surface area contributed by atoms with Gasteiger partial charge in [-0.15, -0.1) is 0 Å². The summed E-state index contributed by atoms with van der Waals surface area (Å²) >= 11 is 0. The maximum Gasteiger partial charge on any atom is 0.401 e. The molecule has 0 saturated carbocycles. The number of rotatable bonds is 5. The van der Waals surface area contributed by atoms with Crippen LogP contribution in [0.4, 0.5) is 13.2 Å². The van der Waals surface area contributed by atoms with Crippen LogP contribution in [0.3, 0.4) is 0 Å². The fraction of sp³-hybridized carbons (Fsp3) is 1.00. The molecule has 0 radical (unpaired) electrons. The summed E-state index contributed by atoms with van der Waals surface area (Å²) in [4.78, 5) is 1.46. The summed E-state index contributed by atoms with van der Waals surface area (Å²) in [6.07, 6.45) is -3.19. The topological polar surface area (TPSA) is 15.3 Å². The Bertz CT molecular complexity index is 166. The van der Waals surface area contributed by atoms with Crippen molar-refractivity contribution in [1.29, 1.82) is 0 Å². The van der Waals surface area contributed by atoms with Crippen LogP contribution in [0.5, 0.6) is 0 Å². The Hall–Kier alpha value is -0.290. The van der Waals surface area contributed by atoms with Crippen molar-refractivity contribution in [2.75, 3.05) is 32.7 Å². The third-order valence-electron chi connectivity index (χ3n) is 2.57. The molecule has 0 aromatic rings. The molecule has 2 nitrogen and oxygen atoms in total. The molecule has 0 aromatic carbocycles. The van der Waals surface area contributed by atoms with Crippen molar-refractivity contribution in [2.24, 2.45) is 5.92 Å². The minimum Gasteiger partial charge on any atom is -0.316 e. The third-order valence-corrected chi connectivity index (χ3v) is 2.57. The van der Waals surface area contributed by atoms with Gasteiger partial charge in [-0.1, -0.05) is 6.92 Å². The first kappa shape index (κ1) is 11.8. The van der Waals surface area contributed by atoms with Crippen LogP contribution in [0.15, 0.2) is 0 Å². The average Bonchev–Trinajstić information content (AvgIpc) is 1.97. The lowest BCUT2D eigenvalue weighted by Crippen LogP contribution is -2.44. The molecule has 1 aliphatic rings. The van der Waals surface area contributed by atoms with Gasteiger partial charge in [-0.2, -0.15) is 13.2 Å². The van der Waals surface area contributed by atoms with E-state index in [1.54, 1.807) is 6.92 Å². The number of nitrogens with zero attached hydrogens (tertiary/aromatic N) is 1. The predicted molar refractivity (Wildman–Crippen MR) is 49.1 cm³/mol. The summed E-state index contributed by atoms with van der Waals surface area (Å²) in [6.45, 7) is 3.95. The molecule has 84 valence electrons. The van der Waals surface area contributed by atoms with Gasteiger partial charge in [0.25, 0.3) is 0 Å². The average molecular weight is 210 g/mol. The summed E-state index contributed by atoms with van der Waals surface area (Å²) in [5.74, 6) is 0.581. The number of halogens is 3. The SMILES string of the molecule is CCN(CCC1CNC1)CC(F)(F)F. The molecule has 0 aliphatic carbocycles. The first-order valence-electron chi connectivity index (χ1n) is 5.01. The molecule has 0 atom stereocenters. The summed E-state index contributed by atoms with van der Waals surface area (Å²) in [5.41, 5.74) is 0. The van der Waals surface area contributed by atoms with Gasteiger partial charge in [0, 0.05) is 0 Å². The molecule has 1 rings (SSSR count). The molecule has 0 aromatic heterocycles. The van der Waals surface area contributed by atoms with Crippen molar-refractivity contribution < 1.29 is 13.2 Å². The molecule has 1 heterocycles. The van der Waals surface area contributed by atoms with E-state index in [4.69, 9.17) is 0 Å². The van der Waals surface area contributed by atoms with Crippen LogP contribution >= 0.6 is 0 Å². The maximum atomic E-state index is 12.1. The van der Waals surface area contributed by atoms with Crippen molar-refractivity contribution in [3.05, 3.63) is 0 Å². The standard InChI is InChI=1S/C9H17F3N2/c1-2-14(7-9(10,11)12)4-3-8-5-13-6-8/h8,13H,2-7H2,1H3. The summed E-state index contributed by atoms with van der Waals surface area (Å²) in [6, 6.07) is 0. The summed E-state index contributed by atoms with van der Waals surface area (Å²) in [5, 5.41) is 3.11. The van der Waals surface area contributed by atoms with E-state index in [9.17, 15) is 13.2 Å². The fourth-order valence-corrected chi connectivity index (χ4v) is 1.52. The van der Waals surface area contributed by atoms with E-state index in [0.29, 0.717) is 19.0 Å². The molecule has 0 bridgehead atoms. The highest BCUT2D eigenvalue weighted by Gasteiger charge is 2.30. The molecule has 0 spiro atoms. The Morgan fingerprint density at radius 2 is 2.00 bits per heavy atom. The van der Waals surface area contributed by atoms with Crippen LogP contribution in [0.25, 0.3) is 0 Å². The van der Waals surface area contributed by atoms with Crippen LogP contribution in [-0.2, 0) is 0 Å². The monoisotopic (exact) mass is 210 g/mol. The maximum absolute atomic E-state index is 12.1. The van der Waals surface area contributed by atoms with Crippen LogP contribution in [-0.4, -0.2) is 43.8 Å². The molecule has 1 saturated heterocycles. The second-order valence-corrected chi connectivity index (χ2v) is 3.80. The zero-order valence-corrected chi connectivity index (χ0v) is 8.40. The van der Waals surface area contributed by atoms with Gasteiger partial charge >= 0.3 is 6.18 Å². The summed E-state index contributed by atoms with van der Waals surface area (Å²) < 4.78 is 36.2. The van der Waals surface area contributed by atoms with Gasteiger partial charge < -0.3 is 5.32 Å². The lowest BCUT2D eigenvalue weighted by atomic mass is 9.99. The highest BCUT2D eigenvalue weighted by Crippen LogP contribution is 2.17. The van der Waals surface area contributed by atoms with Gasteiger partial charge in [0.2, 0.25) is 0 Å². The minimum atomic E-state index is -4.06. The third kappa shape index (κ3) is 4.28. The molecule has 1 aliphatic heterocycles. The lowest BCUT2D eigenvalue weighted by molar-refractivity contribution is -0.145. The van der Waals surface area contributed by atoms with E-state index in [1.165, 1.54) is 4.90 Å². The van der Waals surface area contributed by atoms with E-state index in [-0.39, 0.29) is 0 Å². The largest absolute Gasteiger partial charge is 0.401 e. The van der Waals surface area contributed by atoms with Gasteiger partial charge in [-0.25, -0.2) is 0 Å². The van der Waals surface area contributed by atoms with Gasteiger partial charge in [0.05, 0.1) is 6.54 Å². The Morgan fingerprint density at radius 1 is 1.36 bits per heavy atom. The Kier molecular flexibility index (Phi) is 4.19.